The molecule has 0 radical (unpaired) electrons. The minimum Gasteiger partial charge on any atom is -0.480 e. The largest absolute Gasteiger partial charge is 0.480 e. The Morgan fingerprint density at radius 2 is 2.00 bits per heavy atom. The zero-order valence-corrected chi connectivity index (χ0v) is 11.3. The van der Waals surface area contributed by atoms with Gasteiger partial charge in [0.2, 0.25) is 0 Å². The molecule has 0 aromatic heterocycles. The molecular formula is C13H17ClFNO2. The van der Waals surface area contributed by atoms with Gasteiger partial charge in [-0.05, 0) is 30.5 Å². The fourth-order valence-corrected chi connectivity index (χ4v) is 2.09. The van der Waals surface area contributed by atoms with Gasteiger partial charge in [0.25, 0.3) is 0 Å². The zero-order valence-electron chi connectivity index (χ0n) is 10.6. The predicted molar refractivity (Wildman–Crippen MR) is 69.2 cm³/mol. The van der Waals surface area contributed by atoms with Crippen molar-refractivity contribution >= 4 is 17.6 Å². The summed E-state index contributed by atoms with van der Waals surface area (Å²) in [4.78, 5) is 11.1. The molecule has 0 heterocycles. The van der Waals surface area contributed by atoms with Crippen LogP contribution in [-0.4, -0.2) is 17.1 Å². The van der Waals surface area contributed by atoms with Crippen LogP contribution in [0.2, 0.25) is 5.02 Å². The van der Waals surface area contributed by atoms with E-state index in [4.69, 9.17) is 16.7 Å². The number of carboxylic acids is 1. The molecule has 1 aromatic carbocycles. The molecule has 0 fully saturated rings. The predicted octanol–water partition coefficient (Wildman–Crippen LogP) is 3.24. The lowest BCUT2D eigenvalue weighted by Gasteiger charge is -2.23. The minimum absolute atomic E-state index is 0.0517. The molecule has 1 aromatic rings. The van der Waals surface area contributed by atoms with Crippen molar-refractivity contribution in [1.82, 2.24) is 5.32 Å². The maximum atomic E-state index is 12.9. The fourth-order valence-electron chi connectivity index (χ4n) is 1.76. The molecule has 18 heavy (non-hydrogen) atoms. The van der Waals surface area contributed by atoms with Gasteiger partial charge >= 0.3 is 5.97 Å². The van der Waals surface area contributed by atoms with Gasteiger partial charge in [-0.2, -0.15) is 0 Å². The standard InChI is InChI=1S/C13H17ClFNO2/c1-7(2)12(13(17)18)16-8(3)10-5-4-9(15)6-11(10)14/h4-8,12,16H,1-3H3,(H,17,18). The van der Waals surface area contributed by atoms with E-state index in [1.165, 1.54) is 12.1 Å². The van der Waals surface area contributed by atoms with Gasteiger partial charge in [-0.15, -0.1) is 0 Å². The number of hydrogen-bond acceptors (Lipinski definition) is 2. The topological polar surface area (TPSA) is 49.3 Å². The van der Waals surface area contributed by atoms with Crippen LogP contribution in [0.1, 0.15) is 32.4 Å². The van der Waals surface area contributed by atoms with E-state index in [1.54, 1.807) is 13.0 Å². The number of carboxylic acid groups (broad SMARTS) is 1. The highest BCUT2D eigenvalue weighted by Gasteiger charge is 2.24. The summed E-state index contributed by atoms with van der Waals surface area (Å²) >= 11 is 5.94. The van der Waals surface area contributed by atoms with Crippen LogP contribution in [0, 0.1) is 11.7 Å². The first kappa shape index (κ1) is 14.9. The number of halogens is 2. The molecule has 2 N–H and O–H groups in total. The molecule has 0 spiro atoms. The number of nitrogens with one attached hydrogen (secondary N) is 1. The Kier molecular flexibility index (Phi) is 5.11. The minimum atomic E-state index is -0.907. The van der Waals surface area contributed by atoms with Gasteiger partial charge in [0.1, 0.15) is 11.9 Å². The second-order valence-corrected chi connectivity index (χ2v) is 5.02. The van der Waals surface area contributed by atoms with Gasteiger partial charge in [-0.25, -0.2) is 4.39 Å². The first-order chi connectivity index (χ1) is 8.32. The van der Waals surface area contributed by atoms with Gasteiger partial charge in [-0.1, -0.05) is 31.5 Å². The van der Waals surface area contributed by atoms with Crippen molar-refractivity contribution in [3.8, 4) is 0 Å². The molecule has 3 nitrogen and oxygen atoms in total. The molecule has 0 amide bonds. The van der Waals surface area contributed by atoms with Crippen molar-refractivity contribution in [3.63, 3.8) is 0 Å². The Morgan fingerprint density at radius 1 is 1.39 bits per heavy atom. The Bertz CT molecular complexity index is 437. The number of hydrogen-bond donors (Lipinski definition) is 2. The smallest absolute Gasteiger partial charge is 0.320 e. The van der Waals surface area contributed by atoms with Crippen LogP contribution in [0.4, 0.5) is 4.39 Å². The van der Waals surface area contributed by atoms with Crippen molar-refractivity contribution in [2.75, 3.05) is 0 Å². The van der Waals surface area contributed by atoms with Gasteiger partial charge in [0, 0.05) is 11.1 Å². The highest BCUT2D eigenvalue weighted by molar-refractivity contribution is 6.31. The molecule has 0 bridgehead atoms. The summed E-state index contributed by atoms with van der Waals surface area (Å²) in [6.07, 6.45) is 0. The van der Waals surface area contributed by atoms with Gasteiger partial charge in [0.05, 0.1) is 0 Å². The Hall–Kier alpha value is -1.13. The third-order valence-corrected chi connectivity index (χ3v) is 3.12. The summed E-state index contributed by atoms with van der Waals surface area (Å²) in [6.45, 7) is 5.45. The normalized spacial score (nSPS) is 14.6. The molecule has 2 unspecified atom stereocenters. The van der Waals surface area contributed by atoms with Crippen LogP contribution in [0.25, 0.3) is 0 Å². The lowest BCUT2D eigenvalue weighted by Crippen LogP contribution is -2.42. The van der Waals surface area contributed by atoms with E-state index in [1.807, 2.05) is 13.8 Å². The van der Waals surface area contributed by atoms with Crippen LogP contribution in [0.15, 0.2) is 18.2 Å². The molecule has 1 rings (SSSR count). The third-order valence-electron chi connectivity index (χ3n) is 2.79. The maximum absolute atomic E-state index is 12.9. The first-order valence-corrected chi connectivity index (χ1v) is 6.14. The highest BCUT2D eigenvalue weighted by Crippen LogP contribution is 2.24. The number of carbonyl (C=O) groups is 1. The van der Waals surface area contributed by atoms with Crippen LogP contribution in [0.3, 0.4) is 0 Å². The van der Waals surface area contributed by atoms with Crippen molar-refractivity contribution in [1.29, 1.82) is 0 Å². The summed E-state index contributed by atoms with van der Waals surface area (Å²) in [5.74, 6) is -1.37. The molecular weight excluding hydrogens is 257 g/mol. The Morgan fingerprint density at radius 3 is 2.44 bits per heavy atom. The molecule has 0 aliphatic carbocycles. The zero-order chi connectivity index (χ0) is 13.9. The van der Waals surface area contributed by atoms with E-state index < -0.39 is 17.8 Å². The van der Waals surface area contributed by atoms with E-state index in [2.05, 4.69) is 5.32 Å². The van der Waals surface area contributed by atoms with Crippen LogP contribution in [-0.2, 0) is 4.79 Å². The van der Waals surface area contributed by atoms with Crippen molar-refractivity contribution in [3.05, 3.63) is 34.6 Å². The molecule has 0 saturated heterocycles. The quantitative estimate of drug-likeness (QED) is 0.866. The summed E-state index contributed by atoms with van der Waals surface area (Å²) in [5, 5.41) is 12.4. The van der Waals surface area contributed by atoms with Crippen molar-refractivity contribution < 1.29 is 14.3 Å². The summed E-state index contributed by atoms with van der Waals surface area (Å²) < 4.78 is 12.9. The molecule has 0 saturated carbocycles. The van der Waals surface area contributed by atoms with Crippen LogP contribution < -0.4 is 5.32 Å². The van der Waals surface area contributed by atoms with E-state index in [0.717, 1.165) is 0 Å². The van der Waals surface area contributed by atoms with Crippen molar-refractivity contribution in [2.24, 2.45) is 5.92 Å². The summed E-state index contributed by atoms with van der Waals surface area (Å²) in [7, 11) is 0. The van der Waals surface area contributed by atoms with Crippen LogP contribution in [0.5, 0.6) is 0 Å². The van der Waals surface area contributed by atoms with E-state index in [0.29, 0.717) is 10.6 Å². The average molecular weight is 274 g/mol. The second-order valence-electron chi connectivity index (χ2n) is 4.61. The van der Waals surface area contributed by atoms with E-state index in [9.17, 15) is 9.18 Å². The lowest BCUT2D eigenvalue weighted by molar-refractivity contribution is -0.140. The Labute approximate surface area is 111 Å². The third kappa shape index (κ3) is 3.68. The number of rotatable bonds is 5. The molecule has 5 heteroatoms. The SMILES string of the molecule is CC(NC(C(=O)O)C(C)C)c1ccc(F)cc1Cl. The molecule has 0 aliphatic rings. The molecule has 0 aliphatic heterocycles. The lowest BCUT2D eigenvalue weighted by atomic mass is 10.0. The number of aliphatic carboxylic acids is 1. The highest BCUT2D eigenvalue weighted by atomic mass is 35.5. The van der Waals surface area contributed by atoms with Crippen molar-refractivity contribution in [2.45, 2.75) is 32.9 Å². The van der Waals surface area contributed by atoms with Gasteiger partial charge in [-0.3, -0.25) is 10.1 Å². The monoisotopic (exact) mass is 273 g/mol. The molecule has 100 valence electrons. The van der Waals surface area contributed by atoms with Gasteiger partial charge < -0.3 is 5.11 Å². The fraction of sp³-hybridized carbons (Fsp3) is 0.462. The maximum Gasteiger partial charge on any atom is 0.320 e. The first-order valence-electron chi connectivity index (χ1n) is 5.76. The number of benzene rings is 1. The second kappa shape index (κ2) is 6.16. The van der Waals surface area contributed by atoms with Crippen LogP contribution >= 0.6 is 11.6 Å². The summed E-state index contributed by atoms with van der Waals surface area (Å²) in [5.41, 5.74) is 0.685. The van der Waals surface area contributed by atoms with E-state index >= 15 is 0 Å². The van der Waals surface area contributed by atoms with Gasteiger partial charge in [0.15, 0.2) is 0 Å². The van der Waals surface area contributed by atoms with E-state index in [-0.39, 0.29) is 12.0 Å². The Balaban J connectivity index is 2.87. The summed E-state index contributed by atoms with van der Waals surface area (Å²) in [6, 6.07) is 3.17. The molecule has 2 atom stereocenters. The average Bonchev–Trinajstić information content (AvgIpc) is 2.24.